The van der Waals surface area contributed by atoms with Crippen molar-refractivity contribution in [2.24, 2.45) is 10.2 Å². The van der Waals surface area contributed by atoms with Gasteiger partial charge in [-0.3, -0.25) is 9.97 Å². The van der Waals surface area contributed by atoms with Gasteiger partial charge < -0.3 is 21.1 Å². The van der Waals surface area contributed by atoms with Gasteiger partial charge in [0.25, 0.3) is 0 Å². The number of hydrogen-bond donors (Lipinski definition) is 0. The number of thiol groups is 2. The Morgan fingerprint density at radius 3 is 1.26 bits per heavy atom. The fraction of sp³-hybridized carbons (Fsp3) is 0.0714. The van der Waals surface area contributed by atoms with Gasteiger partial charge in [0.05, 0.1) is 22.8 Å². The van der Waals surface area contributed by atoms with Gasteiger partial charge in [-0.1, -0.05) is 96.3 Å². The fourth-order valence-electron chi connectivity index (χ4n) is 2.98. The smallest absolute Gasteiger partial charge is 0.174 e. The van der Waals surface area contributed by atoms with Gasteiger partial charge in [-0.05, 0) is 36.8 Å². The van der Waals surface area contributed by atoms with Gasteiger partial charge in [0.1, 0.15) is 0 Å². The second-order valence-electron chi connectivity index (χ2n) is 7.23. The Morgan fingerprint density at radius 2 is 0.949 bits per heavy atom. The van der Waals surface area contributed by atoms with Crippen LogP contribution >= 0.6 is 23.5 Å². The normalized spacial score (nSPS) is 10.8. The van der Waals surface area contributed by atoms with Gasteiger partial charge in [0.2, 0.25) is 0 Å². The first kappa shape index (κ1) is 32.4. The molecule has 0 saturated carbocycles. The average molecular weight is 640 g/mol. The summed E-state index contributed by atoms with van der Waals surface area (Å²) in [5.74, 6) is 0. The van der Waals surface area contributed by atoms with E-state index in [1.807, 2.05) is 110 Å². The van der Waals surface area contributed by atoms with Gasteiger partial charge in [-0.25, -0.2) is 0 Å². The molecule has 0 N–H and O–H groups in total. The molecule has 6 nitrogen and oxygen atoms in total. The number of hydrogen-bond acceptors (Lipinski definition) is 6. The maximum Gasteiger partial charge on any atom is 0.174 e. The van der Waals surface area contributed by atoms with E-state index in [0.29, 0.717) is 8.64 Å². The summed E-state index contributed by atoms with van der Waals surface area (Å²) < 4.78 is 1.23. The Balaban J connectivity index is 0.000000267. The number of aromatic nitrogens is 2. The molecule has 0 aliphatic carbocycles. The van der Waals surface area contributed by atoms with Gasteiger partial charge >= 0.3 is 0 Å². The number of pyridine rings is 2. The van der Waals surface area contributed by atoms with Crippen molar-refractivity contribution in [2.75, 3.05) is 12.5 Å². The number of thioether (sulfide) groups is 2. The van der Waals surface area contributed by atoms with E-state index in [-0.39, 0.29) is 19.5 Å². The Labute approximate surface area is 261 Å². The summed E-state index contributed by atoms with van der Waals surface area (Å²) in [6, 6.07) is 31.2. The predicted octanol–water partition coefficient (Wildman–Crippen LogP) is 5.87. The molecule has 2 aromatic carbocycles. The van der Waals surface area contributed by atoms with Crippen molar-refractivity contribution < 1.29 is 19.5 Å². The van der Waals surface area contributed by atoms with Crippen molar-refractivity contribution in [3.05, 3.63) is 143 Å². The molecule has 4 rings (SSSR count). The summed E-state index contributed by atoms with van der Waals surface area (Å²) in [7, 11) is 0. The summed E-state index contributed by atoms with van der Waals surface area (Å²) >= 11 is 11.3. The number of benzene rings is 2. The average Bonchev–Trinajstić information content (AvgIpc) is 2.99. The molecule has 0 atom stereocenters. The number of rotatable bonds is 6. The van der Waals surface area contributed by atoms with E-state index in [9.17, 15) is 0 Å². The molecule has 0 unspecified atom stereocenters. The van der Waals surface area contributed by atoms with Crippen molar-refractivity contribution in [3.63, 3.8) is 0 Å². The molecule has 4 aromatic rings. The van der Waals surface area contributed by atoms with Crippen molar-refractivity contribution in [1.82, 2.24) is 9.97 Å². The first-order valence-corrected chi connectivity index (χ1v) is 14.7. The van der Waals surface area contributed by atoms with Gasteiger partial charge in [-0.2, -0.15) is 0 Å². The van der Waals surface area contributed by atoms with E-state index in [1.165, 1.54) is 23.5 Å². The van der Waals surface area contributed by atoms with Crippen LogP contribution in [0.1, 0.15) is 22.5 Å². The third-order valence-corrected chi connectivity index (χ3v) is 6.91. The Bertz CT molecular complexity index is 1170. The third-order valence-electron chi connectivity index (χ3n) is 4.75. The van der Waals surface area contributed by atoms with Crippen LogP contribution in [0.15, 0.2) is 120 Å². The van der Waals surface area contributed by atoms with Crippen LogP contribution in [-0.2, 0) is 43.9 Å². The molecular weight excluding hydrogens is 614 g/mol. The molecule has 11 heteroatoms. The van der Waals surface area contributed by atoms with Crippen molar-refractivity contribution >= 4 is 68.0 Å². The molecular formula is C28H26N6S4Zn. The molecule has 39 heavy (non-hydrogen) atoms. The summed E-state index contributed by atoms with van der Waals surface area (Å²) in [5.41, 5.74) is 13.2. The first-order valence-electron chi connectivity index (χ1n) is 11.3. The zero-order valence-corrected chi connectivity index (χ0v) is 27.9. The van der Waals surface area contributed by atoms with Crippen molar-refractivity contribution in [1.29, 1.82) is 0 Å². The van der Waals surface area contributed by atoms with Crippen LogP contribution in [0.4, 0.5) is 0 Å². The zero-order chi connectivity index (χ0) is 27.0. The Hall–Kier alpha value is -2.82. The topological polar surface area (TPSA) is 78.7 Å². The summed E-state index contributed by atoms with van der Waals surface area (Å²) in [6.45, 7) is 0. The van der Waals surface area contributed by atoms with Gasteiger partial charge in [0.15, 0.2) is 33.1 Å². The molecule has 2 aromatic heterocycles. The molecule has 0 saturated heterocycles. The van der Waals surface area contributed by atoms with Crippen molar-refractivity contribution in [3.8, 4) is 0 Å². The summed E-state index contributed by atoms with van der Waals surface area (Å²) in [4.78, 5) is 8.65. The summed E-state index contributed by atoms with van der Waals surface area (Å²) in [6.07, 6.45) is 7.30. The predicted molar refractivity (Wildman–Crippen MR) is 174 cm³/mol. The first-order chi connectivity index (χ1) is 18.6. The minimum atomic E-state index is 0. The van der Waals surface area contributed by atoms with Crippen LogP contribution in [0.25, 0.3) is 10.9 Å². The minimum absolute atomic E-state index is 0. The number of nitrogens with zero attached hydrogens (tertiary/aromatic N) is 6. The Morgan fingerprint density at radius 1 is 0.590 bits per heavy atom. The zero-order valence-electron chi connectivity index (χ0n) is 21.5. The van der Waals surface area contributed by atoms with E-state index < -0.39 is 0 Å². The van der Waals surface area contributed by atoms with Gasteiger partial charge in [0, 0.05) is 43.0 Å². The van der Waals surface area contributed by atoms with Crippen LogP contribution in [-0.4, -0.2) is 42.5 Å². The quantitative estimate of drug-likeness (QED) is 0.0660. The van der Waals surface area contributed by atoms with Crippen LogP contribution in [0, 0.1) is 0 Å². The van der Waals surface area contributed by atoms with E-state index in [4.69, 9.17) is 0 Å². The van der Waals surface area contributed by atoms with E-state index in [0.717, 1.165) is 33.9 Å². The SMILES string of the molecule is CSC(=[SH+])[N-]N=C(c1ccccc1)c1ccccn1.CSC(=[SH+])[N-]N=C(c1ccccc1)c1ccccn1.[Zn]. The largest absolute Gasteiger partial charge is 0.519 e. The standard InChI is InChI=1S/2C14H13N3S2.Zn/c2*1-19-14(18)17-16-13(11-7-3-2-4-8-11)12-9-5-6-10-15-12;/h2*2-10H,1H3,(H,15,17,18);. The monoisotopic (exact) mass is 638 g/mol. The van der Waals surface area contributed by atoms with Gasteiger partial charge in [-0.15, -0.1) is 0 Å². The molecule has 0 amide bonds. The van der Waals surface area contributed by atoms with Crippen LogP contribution < -0.4 is 0 Å². The van der Waals surface area contributed by atoms with Crippen LogP contribution in [0.3, 0.4) is 0 Å². The van der Waals surface area contributed by atoms with E-state index >= 15 is 0 Å². The minimum Gasteiger partial charge on any atom is -0.519 e. The molecule has 0 radical (unpaired) electrons. The third kappa shape index (κ3) is 11.1. The van der Waals surface area contributed by atoms with Crippen LogP contribution in [0.5, 0.6) is 0 Å². The Kier molecular flexibility index (Phi) is 15.3. The molecule has 2 heterocycles. The molecule has 0 fully saturated rings. The second kappa shape index (κ2) is 18.5. The van der Waals surface area contributed by atoms with Crippen molar-refractivity contribution in [2.45, 2.75) is 0 Å². The summed E-state index contributed by atoms with van der Waals surface area (Å²) in [5, 5.41) is 8.56. The molecule has 194 valence electrons. The molecule has 0 aliphatic rings. The van der Waals surface area contributed by atoms with E-state index in [2.05, 4.69) is 55.5 Å². The molecule has 0 aliphatic heterocycles. The second-order valence-corrected chi connectivity index (χ2v) is 10.3. The maximum absolute atomic E-state index is 4.33. The molecule has 0 bridgehead atoms. The van der Waals surface area contributed by atoms with Crippen LogP contribution in [0.2, 0.25) is 0 Å². The fourth-order valence-corrected chi connectivity index (χ4v) is 3.31. The molecule has 0 spiro atoms. The maximum atomic E-state index is 4.33. The van der Waals surface area contributed by atoms with E-state index in [1.54, 1.807) is 12.4 Å².